The van der Waals surface area contributed by atoms with Crippen LogP contribution in [-0.4, -0.2) is 54.3 Å². The fourth-order valence-corrected chi connectivity index (χ4v) is 2.67. The molecule has 1 aliphatic heterocycles. The van der Waals surface area contributed by atoms with Crippen molar-refractivity contribution in [2.45, 2.75) is 22.6 Å². The average Bonchev–Trinajstić information content (AvgIpc) is 2.81. The number of rotatable bonds is 8. The molecule has 0 N–H and O–H groups in total. The Morgan fingerprint density at radius 3 is 2.69 bits per heavy atom. The topological polar surface area (TPSA) is 27.7 Å². The van der Waals surface area contributed by atoms with E-state index in [9.17, 15) is 0 Å². The summed E-state index contributed by atoms with van der Waals surface area (Å²) in [4.78, 5) is 0. The first kappa shape index (κ1) is 15.2. The first-order chi connectivity index (χ1) is 7.77. The molecule has 96 valence electrons. The van der Waals surface area contributed by atoms with Crippen LogP contribution in [0.25, 0.3) is 0 Å². The van der Waals surface area contributed by atoms with E-state index in [4.69, 9.17) is 37.4 Å². The summed E-state index contributed by atoms with van der Waals surface area (Å²) in [7, 11) is 0. The molecule has 0 radical (unpaired) electrons. The van der Waals surface area contributed by atoms with E-state index in [1.165, 1.54) is 0 Å². The van der Waals surface area contributed by atoms with Gasteiger partial charge in [-0.05, 0) is 6.42 Å². The SMILES string of the molecule is ClCC(I)C(CCl)OCCOC1CCOC1. The van der Waals surface area contributed by atoms with Crippen molar-refractivity contribution in [3.8, 4) is 0 Å². The van der Waals surface area contributed by atoms with Gasteiger partial charge in [-0.3, -0.25) is 0 Å². The maximum atomic E-state index is 5.80. The molecule has 3 nitrogen and oxygen atoms in total. The lowest BCUT2D eigenvalue weighted by Gasteiger charge is -2.19. The molecule has 0 spiro atoms. The Balaban J connectivity index is 2.03. The van der Waals surface area contributed by atoms with Gasteiger partial charge in [-0.2, -0.15) is 0 Å². The van der Waals surface area contributed by atoms with Gasteiger partial charge >= 0.3 is 0 Å². The van der Waals surface area contributed by atoms with Gasteiger partial charge in [0.25, 0.3) is 0 Å². The molecule has 0 aromatic heterocycles. The Bertz CT molecular complexity index is 179. The van der Waals surface area contributed by atoms with Crippen molar-refractivity contribution < 1.29 is 14.2 Å². The van der Waals surface area contributed by atoms with Gasteiger partial charge < -0.3 is 14.2 Å². The lowest BCUT2D eigenvalue weighted by molar-refractivity contribution is -0.0164. The van der Waals surface area contributed by atoms with E-state index in [1.807, 2.05) is 0 Å². The molecule has 0 aliphatic carbocycles. The summed E-state index contributed by atoms with van der Waals surface area (Å²) in [5, 5.41) is 0. The monoisotopic (exact) mass is 382 g/mol. The Labute approximate surface area is 120 Å². The zero-order valence-electron chi connectivity index (χ0n) is 9.04. The van der Waals surface area contributed by atoms with E-state index in [0.29, 0.717) is 31.6 Å². The van der Waals surface area contributed by atoms with Gasteiger partial charge in [-0.15, -0.1) is 23.2 Å². The number of alkyl halides is 3. The van der Waals surface area contributed by atoms with Gasteiger partial charge in [-0.1, -0.05) is 22.6 Å². The Hall–Kier alpha value is 1.19. The Morgan fingerprint density at radius 2 is 2.12 bits per heavy atom. The van der Waals surface area contributed by atoms with E-state index in [-0.39, 0.29) is 16.1 Å². The van der Waals surface area contributed by atoms with Gasteiger partial charge in [0.2, 0.25) is 0 Å². The minimum absolute atomic E-state index is 0.00296. The molecule has 1 heterocycles. The number of hydrogen-bond acceptors (Lipinski definition) is 3. The predicted octanol–water partition coefficient (Wildman–Crippen LogP) is 2.46. The molecule has 16 heavy (non-hydrogen) atoms. The van der Waals surface area contributed by atoms with E-state index in [0.717, 1.165) is 13.0 Å². The van der Waals surface area contributed by atoms with Gasteiger partial charge in [0.15, 0.2) is 0 Å². The van der Waals surface area contributed by atoms with Crippen molar-refractivity contribution in [2.75, 3.05) is 38.2 Å². The number of halogens is 3. The molecular formula is C10H17Cl2IO3. The Morgan fingerprint density at radius 1 is 1.31 bits per heavy atom. The highest BCUT2D eigenvalue weighted by atomic mass is 127. The first-order valence-corrected chi connectivity index (χ1v) is 7.66. The van der Waals surface area contributed by atoms with E-state index in [2.05, 4.69) is 22.6 Å². The summed E-state index contributed by atoms with van der Waals surface area (Å²) >= 11 is 13.8. The van der Waals surface area contributed by atoms with Crippen molar-refractivity contribution in [1.82, 2.24) is 0 Å². The second kappa shape index (κ2) is 9.16. The Kier molecular flexibility index (Phi) is 8.73. The molecule has 6 heteroatoms. The fraction of sp³-hybridized carbons (Fsp3) is 1.00. The van der Waals surface area contributed by atoms with Crippen molar-refractivity contribution in [3.63, 3.8) is 0 Å². The molecule has 0 aromatic carbocycles. The van der Waals surface area contributed by atoms with Gasteiger partial charge in [-0.25, -0.2) is 0 Å². The zero-order chi connectivity index (χ0) is 11.8. The van der Waals surface area contributed by atoms with Crippen molar-refractivity contribution >= 4 is 45.8 Å². The van der Waals surface area contributed by atoms with Crippen LogP contribution in [0.5, 0.6) is 0 Å². The largest absolute Gasteiger partial charge is 0.379 e. The van der Waals surface area contributed by atoms with Crippen LogP contribution >= 0.6 is 45.8 Å². The smallest absolute Gasteiger partial charge is 0.0840 e. The zero-order valence-corrected chi connectivity index (χ0v) is 12.7. The molecule has 0 saturated carbocycles. The highest BCUT2D eigenvalue weighted by molar-refractivity contribution is 14.1. The summed E-state index contributed by atoms with van der Waals surface area (Å²) < 4.78 is 16.6. The molecule has 1 rings (SSSR count). The van der Waals surface area contributed by atoms with Gasteiger partial charge in [0.1, 0.15) is 0 Å². The lowest BCUT2D eigenvalue weighted by atomic mass is 10.3. The van der Waals surface area contributed by atoms with Crippen molar-refractivity contribution in [1.29, 1.82) is 0 Å². The molecule has 0 aromatic rings. The molecular weight excluding hydrogens is 366 g/mol. The van der Waals surface area contributed by atoms with Crippen LogP contribution in [0.15, 0.2) is 0 Å². The quantitative estimate of drug-likeness (QED) is 0.366. The van der Waals surface area contributed by atoms with Crippen molar-refractivity contribution in [2.24, 2.45) is 0 Å². The van der Waals surface area contributed by atoms with Crippen molar-refractivity contribution in [3.05, 3.63) is 0 Å². The summed E-state index contributed by atoms with van der Waals surface area (Å²) in [5.41, 5.74) is 0. The average molecular weight is 383 g/mol. The van der Waals surface area contributed by atoms with Gasteiger partial charge in [0, 0.05) is 18.4 Å². The summed E-state index contributed by atoms with van der Waals surface area (Å²) in [6.45, 7) is 2.66. The third kappa shape index (κ3) is 5.69. The minimum atomic E-state index is 0.00296. The highest BCUT2D eigenvalue weighted by Gasteiger charge is 2.19. The number of ether oxygens (including phenoxy) is 3. The summed E-state index contributed by atoms with van der Waals surface area (Å²) in [6, 6.07) is 0. The summed E-state index contributed by atoms with van der Waals surface area (Å²) in [5.74, 6) is 1.02. The fourth-order valence-electron chi connectivity index (χ4n) is 1.40. The molecule has 3 unspecified atom stereocenters. The van der Waals surface area contributed by atoms with Crippen LogP contribution in [0.2, 0.25) is 0 Å². The van der Waals surface area contributed by atoms with Crippen LogP contribution in [0, 0.1) is 0 Å². The van der Waals surface area contributed by atoms with Crippen LogP contribution < -0.4 is 0 Å². The minimum Gasteiger partial charge on any atom is -0.379 e. The van der Waals surface area contributed by atoms with E-state index >= 15 is 0 Å². The van der Waals surface area contributed by atoms with E-state index in [1.54, 1.807) is 0 Å². The summed E-state index contributed by atoms with van der Waals surface area (Å²) in [6.07, 6.45) is 1.22. The maximum Gasteiger partial charge on any atom is 0.0840 e. The molecule has 1 aliphatic rings. The highest BCUT2D eigenvalue weighted by Crippen LogP contribution is 2.14. The van der Waals surface area contributed by atoms with Gasteiger partial charge in [0.05, 0.1) is 36.0 Å². The third-order valence-electron chi connectivity index (χ3n) is 2.36. The second-order valence-corrected chi connectivity index (χ2v) is 5.81. The standard InChI is InChI=1S/C10H17Cl2IO3/c11-5-9(13)10(6-12)16-4-3-15-8-1-2-14-7-8/h8-10H,1-7H2. The lowest BCUT2D eigenvalue weighted by Crippen LogP contribution is -2.29. The molecule has 3 atom stereocenters. The predicted molar refractivity (Wildman–Crippen MR) is 74.2 cm³/mol. The van der Waals surface area contributed by atoms with Crippen LogP contribution in [0.4, 0.5) is 0 Å². The normalized spacial score (nSPS) is 24.6. The van der Waals surface area contributed by atoms with Crippen LogP contribution in [0.1, 0.15) is 6.42 Å². The van der Waals surface area contributed by atoms with E-state index < -0.39 is 0 Å². The molecule has 0 bridgehead atoms. The molecule has 1 saturated heterocycles. The van der Waals surface area contributed by atoms with Crippen LogP contribution in [-0.2, 0) is 14.2 Å². The molecule has 1 fully saturated rings. The number of hydrogen-bond donors (Lipinski definition) is 0. The van der Waals surface area contributed by atoms with Crippen LogP contribution in [0.3, 0.4) is 0 Å². The second-order valence-electron chi connectivity index (χ2n) is 3.59. The maximum absolute atomic E-state index is 5.80. The first-order valence-electron chi connectivity index (χ1n) is 5.35. The third-order valence-corrected chi connectivity index (χ3v) is 4.76. The molecule has 0 amide bonds.